The summed E-state index contributed by atoms with van der Waals surface area (Å²) in [5.74, 6) is 2.68. The van der Waals surface area contributed by atoms with E-state index >= 15 is 0 Å². The lowest BCUT2D eigenvalue weighted by molar-refractivity contribution is 0.482. The van der Waals surface area contributed by atoms with Gasteiger partial charge < -0.3 is 16.0 Å². The van der Waals surface area contributed by atoms with Crippen LogP contribution in [-0.4, -0.2) is 34.9 Å². The fourth-order valence-electron chi connectivity index (χ4n) is 2.88. The first-order valence-electron chi connectivity index (χ1n) is 8.83. The Morgan fingerprint density at radius 3 is 3.04 bits per heavy atom. The minimum Gasteiger partial charge on any atom is -0.397 e. The van der Waals surface area contributed by atoms with Gasteiger partial charge in [0.25, 0.3) is 0 Å². The lowest BCUT2D eigenvalue weighted by Gasteiger charge is -2.33. The topological polar surface area (TPSA) is 79.1 Å². The van der Waals surface area contributed by atoms with E-state index in [2.05, 4.69) is 31.8 Å². The molecular formula is C18H26N6S. The molecule has 1 aliphatic rings. The molecule has 1 atom stereocenters. The molecule has 1 fully saturated rings. The Morgan fingerprint density at radius 1 is 1.32 bits per heavy atom. The van der Waals surface area contributed by atoms with Crippen molar-refractivity contribution in [2.24, 2.45) is 0 Å². The monoisotopic (exact) mass is 358 g/mol. The maximum Gasteiger partial charge on any atom is 0.229 e. The predicted molar refractivity (Wildman–Crippen MR) is 107 cm³/mol. The third-order valence-corrected chi connectivity index (χ3v) is 5.26. The van der Waals surface area contributed by atoms with Crippen LogP contribution in [0.2, 0.25) is 0 Å². The maximum absolute atomic E-state index is 5.99. The second-order valence-corrected chi connectivity index (χ2v) is 7.13. The summed E-state index contributed by atoms with van der Waals surface area (Å²) in [6.45, 7) is 4.21. The van der Waals surface area contributed by atoms with Crippen LogP contribution in [0.1, 0.15) is 26.2 Å². The van der Waals surface area contributed by atoms with Crippen molar-refractivity contribution in [2.45, 2.75) is 32.2 Å². The average molecular weight is 359 g/mol. The SMILES string of the molecule is CCCSNC1CCCN(c2ccnc(Nc3ccccc3N)n2)C1. The molecule has 0 amide bonds. The number of benzene rings is 1. The molecule has 25 heavy (non-hydrogen) atoms. The van der Waals surface area contributed by atoms with E-state index in [1.54, 1.807) is 6.20 Å². The molecule has 3 rings (SSSR count). The molecule has 1 saturated heterocycles. The maximum atomic E-state index is 5.99. The Labute approximate surface area is 153 Å². The summed E-state index contributed by atoms with van der Waals surface area (Å²) in [6, 6.07) is 10.1. The molecule has 1 unspecified atom stereocenters. The standard InChI is InChI=1S/C18H26N6S/c1-2-12-25-23-14-6-5-11-24(13-14)17-9-10-20-18(22-17)21-16-8-4-3-7-15(16)19/h3-4,7-10,14,23H,2,5-6,11-13,19H2,1H3,(H,20,21,22). The van der Waals surface area contributed by atoms with Crippen molar-refractivity contribution in [1.82, 2.24) is 14.7 Å². The molecule has 2 aromatic rings. The summed E-state index contributed by atoms with van der Waals surface area (Å²) in [7, 11) is 0. The Kier molecular flexibility index (Phi) is 6.36. The largest absolute Gasteiger partial charge is 0.397 e. The third kappa shape index (κ3) is 4.99. The van der Waals surface area contributed by atoms with Gasteiger partial charge in [0.2, 0.25) is 5.95 Å². The summed E-state index contributed by atoms with van der Waals surface area (Å²) < 4.78 is 3.58. The Bertz CT molecular complexity index is 680. The zero-order chi connectivity index (χ0) is 17.5. The van der Waals surface area contributed by atoms with Gasteiger partial charge >= 0.3 is 0 Å². The highest BCUT2D eigenvalue weighted by molar-refractivity contribution is 7.97. The third-order valence-electron chi connectivity index (χ3n) is 4.15. The van der Waals surface area contributed by atoms with Crippen molar-refractivity contribution in [1.29, 1.82) is 0 Å². The smallest absolute Gasteiger partial charge is 0.229 e. The molecule has 0 aliphatic carbocycles. The molecule has 0 spiro atoms. The Balaban J connectivity index is 1.65. The molecule has 7 heteroatoms. The minimum absolute atomic E-state index is 0.501. The number of hydrogen-bond donors (Lipinski definition) is 3. The summed E-state index contributed by atoms with van der Waals surface area (Å²) in [5.41, 5.74) is 7.50. The first-order chi connectivity index (χ1) is 12.3. The second kappa shape index (κ2) is 8.92. The normalized spacial score (nSPS) is 17.5. The van der Waals surface area contributed by atoms with Gasteiger partial charge in [0.15, 0.2) is 0 Å². The first-order valence-corrected chi connectivity index (χ1v) is 9.81. The molecule has 1 aromatic heterocycles. The van der Waals surface area contributed by atoms with E-state index in [1.807, 2.05) is 42.3 Å². The van der Waals surface area contributed by atoms with Gasteiger partial charge in [0, 0.05) is 31.1 Å². The number of rotatable bonds is 7. The number of piperidine rings is 1. The van der Waals surface area contributed by atoms with Crippen LogP contribution in [0.4, 0.5) is 23.1 Å². The number of aromatic nitrogens is 2. The number of nitrogens with one attached hydrogen (secondary N) is 2. The van der Waals surface area contributed by atoms with Crippen LogP contribution in [0.25, 0.3) is 0 Å². The lowest BCUT2D eigenvalue weighted by atomic mass is 10.1. The van der Waals surface area contributed by atoms with Gasteiger partial charge in [-0.25, -0.2) is 4.98 Å². The molecule has 1 aliphatic heterocycles. The van der Waals surface area contributed by atoms with Gasteiger partial charge in [0.1, 0.15) is 5.82 Å². The van der Waals surface area contributed by atoms with Crippen LogP contribution in [0, 0.1) is 0 Å². The zero-order valence-electron chi connectivity index (χ0n) is 14.6. The van der Waals surface area contributed by atoms with Crippen molar-refractivity contribution in [3.63, 3.8) is 0 Å². The number of para-hydroxylation sites is 2. The molecule has 4 N–H and O–H groups in total. The van der Waals surface area contributed by atoms with Gasteiger partial charge in [-0.3, -0.25) is 4.72 Å². The lowest BCUT2D eigenvalue weighted by Crippen LogP contribution is -2.44. The zero-order valence-corrected chi connectivity index (χ0v) is 15.4. The highest BCUT2D eigenvalue weighted by Gasteiger charge is 2.21. The van der Waals surface area contributed by atoms with Gasteiger partial charge in [-0.1, -0.05) is 31.0 Å². The molecule has 0 saturated carbocycles. The van der Waals surface area contributed by atoms with Crippen LogP contribution in [0.3, 0.4) is 0 Å². The van der Waals surface area contributed by atoms with E-state index in [0.29, 0.717) is 17.7 Å². The van der Waals surface area contributed by atoms with Crippen LogP contribution in [0.15, 0.2) is 36.5 Å². The number of nitrogen functional groups attached to an aromatic ring is 1. The van der Waals surface area contributed by atoms with E-state index in [0.717, 1.165) is 30.3 Å². The Hall–Kier alpha value is -1.99. The second-order valence-electron chi connectivity index (χ2n) is 6.20. The summed E-state index contributed by atoms with van der Waals surface area (Å²) >= 11 is 1.83. The van der Waals surface area contributed by atoms with E-state index in [4.69, 9.17) is 5.73 Å². The van der Waals surface area contributed by atoms with Gasteiger partial charge in [-0.15, -0.1) is 0 Å². The fourth-order valence-corrected chi connectivity index (χ4v) is 3.63. The number of anilines is 4. The van der Waals surface area contributed by atoms with Gasteiger partial charge in [-0.2, -0.15) is 4.98 Å². The highest BCUT2D eigenvalue weighted by Crippen LogP contribution is 2.23. The van der Waals surface area contributed by atoms with Gasteiger partial charge in [0.05, 0.1) is 11.4 Å². The van der Waals surface area contributed by atoms with Crippen molar-refractivity contribution >= 4 is 35.1 Å². The van der Waals surface area contributed by atoms with Crippen LogP contribution in [-0.2, 0) is 0 Å². The predicted octanol–water partition coefficient (Wildman–Crippen LogP) is 3.42. The highest BCUT2D eigenvalue weighted by atomic mass is 32.2. The van der Waals surface area contributed by atoms with E-state index in [1.165, 1.54) is 19.3 Å². The Morgan fingerprint density at radius 2 is 2.20 bits per heavy atom. The summed E-state index contributed by atoms with van der Waals surface area (Å²) in [5, 5.41) is 3.21. The van der Waals surface area contributed by atoms with Crippen molar-refractivity contribution in [3.8, 4) is 0 Å². The molecule has 0 radical (unpaired) electrons. The van der Waals surface area contributed by atoms with Crippen molar-refractivity contribution in [3.05, 3.63) is 36.5 Å². The van der Waals surface area contributed by atoms with Gasteiger partial charge in [-0.05, 0) is 37.5 Å². The molecule has 0 bridgehead atoms. The quantitative estimate of drug-likeness (QED) is 0.397. The average Bonchev–Trinajstić information content (AvgIpc) is 2.64. The van der Waals surface area contributed by atoms with Crippen molar-refractivity contribution in [2.75, 3.05) is 34.8 Å². The number of nitrogens with zero attached hydrogens (tertiary/aromatic N) is 3. The summed E-state index contributed by atoms with van der Waals surface area (Å²) in [4.78, 5) is 11.3. The number of nitrogens with two attached hydrogens (primary N) is 1. The molecule has 134 valence electrons. The van der Waals surface area contributed by atoms with Crippen LogP contribution >= 0.6 is 11.9 Å². The van der Waals surface area contributed by atoms with E-state index in [-0.39, 0.29) is 0 Å². The van der Waals surface area contributed by atoms with E-state index in [9.17, 15) is 0 Å². The fraction of sp³-hybridized carbons (Fsp3) is 0.444. The van der Waals surface area contributed by atoms with E-state index < -0.39 is 0 Å². The first kappa shape index (κ1) is 17.8. The molecule has 6 nitrogen and oxygen atoms in total. The van der Waals surface area contributed by atoms with Crippen LogP contribution in [0.5, 0.6) is 0 Å². The van der Waals surface area contributed by atoms with Crippen molar-refractivity contribution < 1.29 is 0 Å². The molecule has 1 aromatic carbocycles. The molecule has 2 heterocycles. The summed E-state index contributed by atoms with van der Waals surface area (Å²) in [6.07, 6.45) is 5.37. The van der Waals surface area contributed by atoms with Crippen LogP contribution < -0.4 is 20.7 Å². The number of hydrogen-bond acceptors (Lipinski definition) is 7. The molecular weight excluding hydrogens is 332 g/mol. The minimum atomic E-state index is 0.501.